The van der Waals surface area contributed by atoms with E-state index in [2.05, 4.69) is 15.6 Å². The number of rotatable bonds is 3. The Labute approximate surface area is 129 Å². The number of nitrogens with zero attached hydrogens (tertiary/aromatic N) is 3. The highest BCUT2D eigenvalue weighted by Crippen LogP contribution is 2.18. The van der Waals surface area contributed by atoms with Gasteiger partial charge in [-0.3, -0.25) is 4.79 Å². The van der Waals surface area contributed by atoms with Gasteiger partial charge in [-0.05, 0) is 56.7 Å². The van der Waals surface area contributed by atoms with E-state index in [1.165, 1.54) is 0 Å². The molecule has 0 bridgehead atoms. The summed E-state index contributed by atoms with van der Waals surface area (Å²) in [4.78, 5) is 12.3. The molecule has 0 saturated carbocycles. The average molecular weight is 294 g/mol. The molecule has 1 heterocycles. The maximum Gasteiger partial charge on any atom is 0.255 e. The number of benzene rings is 2. The Hall–Kier alpha value is -2.69. The second kappa shape index (κ2) is 5.60. The summed E-state index contributed by atoms with van der Waals surface area (Å²) in [6.45, 7) is 6.09. The van der Waals surface area contributed by atoms with Crippen molar-refractivity contribution in [3.63, 3.8) is 0 Å². The van der Waals surface area contributed by atoms with Gasteiger partial charge in [0.15, 0.2) is 0 Å². The highest BCUT2D eigenvalue weighted by atomic mass is 16.1. The van der Waals surface area contributed by atoms with Crippen LogP contribution in [0, 0.1) is 6.92 Å². The standard InChI is InChI=1S/C17H18N4O/c1-11(2)21-16-8-7-13(10-15(16)19-20-21)17(22)18-14-6-4-5-12(3)9-14/h4-11H,1-3H3,(H,18,22). The molecule has 0 aliphatic carbocycles. The smallest absolute Gasteiger partial charge is 0.255 e. The third kappa shape index (κ3) is 2.70. The summed E-state index contributed by atoms with van der Waals surface area (Å²) in [6, 6.07) is 13.4. The second-order valence-electron chi connectivity index (χ2n) is 5.65. The molecule has 0 aliphatic heterocycles. The minimum atomic E-state index is -0.147. The summed E-state index contributed by atoms with van der Waals surface area (Å²) in [7, 11) is 0. The van der Waals surface area contributed by atoms with E-state index < -0.39 is 0 Å². The highest BCUT2D eigenvalue weighted by Gasteiger charge is 2.11. The molecule has 112 valence electrons. The second-order valence-corrected chi connectivity index (χ2v) is 5.65. The van der Waals surface area contributed by atoms with Crippen molar-refractivity contribution in [2.45, 2.75) is 26.8 Å². The van der Waals surface area contributed by atoms with Gasteiger partial charge in [-0.15, -0.1) is 5.10 Å². The lowest BCUT2D eigenvalue weighted by molar-refractivity contribution is 0.102. The molecule has 2 aromatic carbocycles. The van der Waals surface area contributed by atoms with Gasteiger partial charge in [-0.25, -0.2) is 4.68 Å². The van der Waals surface area contributed by atoms with Crippen molar-refractivity contribution in [1.29, 1.82) is 0 Å². The van der Waals surface area contributed by atoms with Gasteiger partial charge in [0.05, 0.1) is 5.52 Å². The van der Waals surface area contributed by atoms with Gasteiger partial charge < -0.3 is 5.32 Å². The molecule has 1 N–H and O–H groups in total. The molecule has 0 spiro atoms. The van der Waals surface area contributed by atoms with E-state index in [9.17, 15) is 4.79 Å². The zero-order valence-corrected chi connectivity index (χ0v) is 12.9. The predicted molar refractivity (Wildman–Crippen MR) is 87.0 cm³/mol. The predicted octanol–water partition coefficient (Wildman–Crippen LogP) is 3.57. The van der Waals surface area contributed by atoms with Crippen LogP contribution in [0.15, 0.2) is 42.5 Å². The molecule has 0 atom stereocenters. The lowest BCUT2D eigenvalue weighted by Crippen LogP contribution is -2.11. The molecule has 0 unspecified atom stereocenters. The van der Waals surface area contributed by atoms with Crippen molar-refractivity contribution in [3.05, 3.63) is 53.6 Å². The first-order valence-corrected chi connectivity index (χ1v) is 7.27. The Morgan fingerprint density at radius 1 is 1.18 bits per heavy atom. The normalized spacial score (nSPS) is 11.1. The van der Waals surface area contributed by atoms with E-state index >= 15 is 0 Å². The first-order valence-electron chi connectivity index (χ1n) is 7.27. The van der Waals surface area contributed by atoms with Crippen LogP contribution in [0.4, 0.5) is 5.69 Å². The molecule has 3 aromatic rings. The van der Waals surface area contributed by atoms with Gasteiger partial charge >= 0.3 is 0 Å². The van der Waals surface area contributed by atoms with E-state index in [4.69, 9.17) is 0 Å². The van der Waals surface area contributed by atoms with Crippen LogP contribution in [0.25, 0.3) is 11.0 Å². The van der Waals surface area contributed by atoms with E-state index in [1.807, 2.05) is 55.8 Å². The third-order valence-corrected chi connectivity index (χ3v) is 3.50. The molecule has 5 heteroatoms. The lowest BCUT2D eigenvalue weighted by Gasteiger charge is -2.07. The van der Waals surface area contributed by atoms with Crippen LogP contribution in [-0.2, 0) is 0 Å². The highest BCUT2D eigenvalue weighted by molar-refractivity contribution is 6.05. The number of aryl methyl sites for hydroxylation is 1. The van der Waals surface area contributed by atoms with Crippen LogP contribution in [0.2, 0.25) is 0 Å². The van der Waals surface area contributed by atoms with Crippen molar-refractivity contribution in [1.82, 2.24) is 15.0 Å². The SMILES string of the molecule is Cc1cccc(NC(=O)c2ccc3c(c2)nnn3C(C)C)c1. The summed E-state index contributed by atoms with van der Waals surface area (Å²) in [5.74, 6) is -0.147. The maximum atomic E-state index is 12.3. The van der Waals surface area contributed by atoms with Crippen molar-refractivity contribution in [3.8, 4) is 0 Å². The summed E-state index contributed by atoms with van der Waals surface area (Å²) in [5, 5.41) is 11.2. The maximum absolute atomic E-state index is 12.3. The molecule has 22 heavy (non-hydrogen) atoms. The Balaban J connectivity index is 1.88. The van der Waals surface area contributed by atoms with Crippen LogP contribution in [0.1, 0.15) is 35.8 Å². The number of nitrogens with one attached hydrogen (secondary N) is 1. The topological polar surface area (TPSA) is 59.8 Å². The zero-order valence-electron chi connectivity index (χ0n) is 12.9. The van der Waals surface area contributed by atoms with E-state index in [0.717, 1.165) is 22.3 Å². The Morgan fingerprint density at radius 2 is 2.00 bits per heavy atom. The van der Waals surface area contributed by atoms with Crippen molar-refractivity contribution in [2.75, 3.05) is 5.32 Å². The quantitative estimate of drug-likeness (QED) is 0.803. The number of anilines is 1. The molecule has 0 aliphatic rings. The number of hydrogen-bond acceptors (Lipinski definition) is 3. The van der Waals surface area contributed by atoms with Gasteiger partial charge in [0.25, 0.3) is 5.91 Å². The number of aromatic nitrogens is 3. The van der Waals surface area contributed by atoms with Crippen LogP contribution in [0.3, 0.4) is 0 Å². The minimum absolute atomic E-state index is 0.147. The van der Waals surface area contributed by atoms with Crippen molar-refractivity contribution < 1.29 is 4.79 Å². The molecule has 1 amide bonds. The first-order chi connectivity index (χ1) is 10.5. The minimum Gasteiger partial charge on any atom is -0.322 e. The summed E-state index contributed by atoms with van der Waals surface area (Å²) < 4.78 is 1.84. The number of carbonyl (C=O) groups excluding carboxylic acids is 1. The molecular weight excluding hydrogens is 276 g/mol. The van der Waals surface area contributed by atoms with Crippen LogP contribution < -0.4 is 5.32 Å². The Morgan fingerprint density at radius 3 is 2.73 bits per heavy atom. The number of fused-ring (bicyclic) bond motifs is 1. The first kappa shape index (κ1) is 14.3. The molecule has 5 nitrogen and oxygen atoms in total. The Kier molecular flexibility index (Phi) is 3.63. The molecule has 0 saturated heterocycles. The fourth-order valence-electron chi connectivity index (χ4n) is 2.39. The monoisotopic (exact) mass is 294 g/mol. The summed E-state index contributed by atoms with van der Waals surface area (Å²) >= 11 is 0. The number of amides is 1. The molecule has 0 fully saturated rings. The largest absolute Gasteiger partial charge is 0.322 e. The van der Waals surface area contributed by atoms with E-state index in [0.29, 0.717) is 5.56 Å². The number of hydrogen-bond donors (Lipinski definition) is 1. The van der Waals surface area contributed by atoms with Crippen molar-refractivity contribution in [2.24, 2.45) is 0 Å². The van der Waals surface area contributed by atoms with Crippen molar-refractivity contribution >= 4 is 22.6 Å². The van der Waals surface area contributed by atoms with Gasteiger partial charge in [0.2, 0.25) is 0 Å². The van der Waals surface area contributed by atoms with Gasteiger partial charge in [0, 0.05) is 17.3 Å². The summed E-state index contributed by atoms with van der Waals surface area (Å²) in [5.41, 5.74) is 4.13. The lowest BCUT2D eigenvalue weighted by atomic mass is 10.1. The van der Waals surface area contributed by atoms with Crippen LogP contribution in [0.5, 0.6) is 0 Å². The van der Waals surface area contributed by atoms with Gasteiger partial charge in [0.1, 0.15) is 5.52 Å². The average Bonchev–Trinajstić information content (AvgIpc) is 2.90. The number of carbonyl (C=O) groups is 1. The molecule has 3 rings (SSSR count). The fourth-order valence-corrected chi connectivity index (χ4v) is 2.39. The van der Waals surface area contributed by atoms with E-state index in [1.54, 1.807) is 12.1 Å². The van der Waals surface area contributed by atoms with Crippen LogP contribution in [-0.4, -0.2) is 20.9 Å². The molecular formula is C17H18N4O. The summed E-state index contributed by atoms with van der Waals surface area (Å²) in [6.07, 6.45) is 0. The molecule has 0 radical (unpaired) electrons. The zero-order chi connectivity index (χ0) is 15.7. The van der Waals surface area contributed by atoms with E-state index in [-0.39, 0.29) is 11.9 Å². The van der Waals surface area contributed by atoms with Gasteiger partial charge in [-0.2, -0.15) is 0 Å². The fraction of sp³-hybridized carbons (Fsp3) is 0.235. The third-order valence-electron chi connectivity index (χ3n) is 3.50. The van der Waals surface area contributed by atoms with Gasteiger partial charge in [-0.1, -0.05) is 17.3 Å². The van der Waals surface area contributed by atoms with Crippen LogP contribution >= 0.6 is 0 Å². The molecule has 1 aromatic heterocycles. The Bertz CT molecular complexity index is 836.